The Kier molecular flexibility index (Phi) is 6.06. The Hall–Kier alpha value is -4.39. The van der Waals surface area contributed by atoms with Crippen molar-refractivity contribution in [1.82, 2.24) is 14.7 Å². The third-order valence-corrected chi connectivity index (χ3v) is 7.21. The molecular weight excluding hydrogens is 463 g/mol. The van der Waals surface area contributed by atoms with Crippen LogP contribution in [0.5, 0.6) is 0 Å². The van der Waals surface area contributed by atoms with Crippen molar-refractivity contribution in [3.05, 3.63) is 77.2 Å². The molecule has 0 spiro atoms. The predicted molar refractivity (Wildman–Crippen MR) is 129 cm³/mol. The standard InChI is InChI=1S/C26H25FN6O3/c27-18-5-7-19(8-6-18)30-25-21(24(29)34)14-33(31-25)22-9-10-32(26(35)36)23(20(22)13-28)17-11-15-3-1-2-4-16(15)12-17/h1-8,14,17,20,22-23H,9-12H2,(H2,29,34)(H,30,31)(H,35,36)/t20-,22+,23?/m0/s1. The van der Waals surface area contributed by atoms with Crippen LogP contribution in [0.1, 0.15) is 33.9 Å². The number of nitrogens with one attached hydrogen (secondary N) is 1. The number of carboxylic acid groups (broad SMARTS) is 1. The largest absolute Gasteiger partial charge is 0.465 e. The number of nitrogens with two attached hydrogens (primary N) is 1. The van der Waals surface area contributed by atoms with E-state index in [0.29, 0.717) is 24.9 Å². The first kappa shape index (κ1) is 23.4. The minimum absolute atomic E-state index is 0.0473. The maximum atomic E-state index is 13.3. The van der Waals surface area contributed by atoms with Crippen LogP contribution in [0.15, 0.2) is 54.7 Å². The van der Waals surface area contributed by atoms with Gasteiger partial charge in [-0.1, -0.05) is 24.3 Å². The first-order valence-electron chi connectivity index (χ1n) is 11.7. The zero-order chi connectivity index (χ0) is 25.4. The second-order valence-electron chi connectivity index (χ2n) is 9.28. The van der Waals surface area contributed by atoms with E-state index in [9.17, 15) is 24.3 Å². The number of piperidine rings is 1. The number of primary amides is 1. The van der Waals surface area contributed by atoms with Gasteiger partial charge in [0.05, 0.1) is 24.1 Å². The molecule has 5 rings (SSSR count). The van der Waals surface area contributed by atoms with Gasteiger partial charge in [-0.3, -0.25) is 9.48 Å². The summed E-state index contributed by atoms with van der Waals surface area (Å²) in [4.78, 5) is 25.7. The molecule has 0 saturated carbocycles. The maximum absolute atomic E-state index is 13.3. The highest BCUT2D eigenvalue weighted by Crippen LogP contribution is 2.41. The zero-order valence-electron chi connectivity index (χ0n) is 19.3. The monoisotopic (exact) mass is 488 g/mol. The van der Waals surface area contributed by atoms with Gasteiger partial charge in [-0.05, 0) is 60.6 Å². The number of hydrogen-bond donors (Lipinski definition) is 3. The third-order valence-electron chi connectivity index (χ3n) is 7.21. The van der Waals surface area contributed by atoms with E-state index in [0.717, 1.165) is 0 Å². The van der Waals surface area contributed by atoms with Crippen molar-refractivity contribution in [3.8, 4) is 6.07 Å². The van der Waals surface area contributed by atoms with E-state index < -0.39 is 35.8 Å². The molecule has 3 aromatic rings. The lowest BCUT2D eigenvalue weighted by atomic mass is 9.78. The first-order valence-corrected chi connectivity index (χ1v) is 11.7. The average Bonchev–Trinajstić information content (AvgIpc) is 3.48. The number of carbonyl (C=O) groups is 2. The van der Waals surface area contributed by atoms with Crippen LogP contribution in [-0.2, 0) is 12.8 Å². The Labute approximate surface area is 206 Å². The van der Waals surface area contributed by atoms with E-state index >= 15 is 0 Å². The molecule has 1 aliphatic carbocycles. The molecule has 1 fully saturated rings. The molecule has 10 heteroatoms. The Morgan fingerprint density at radius 1 is 1.14 bits per heavy atom. The van der Waals surface area contributed by atoms with E-state index in [-0.39, 0.29) is 23.8 Å². The van der Waals surface area contributed by atoms with Gasteiger partial charge in [0.2, 0.25) is 0 Å². The Morgan fingerprint density at radius 3 is 2.39 bits per heavy atom. The lowest BCUT2D eigenvalue weighted by Gasteiger charge is -2.44. The van der Waals surface area contributed by atoms with Crippen molar-refractivity contribution >= 4 is 23.5 Å². The number of rotatable bonds is 5. The van der Waals surface area contributed by atoms with E-state index in [4.69, 9.17) is 5.73 Å². The molecule has 0 radical (unpaired) electrons. The second-order valence-corrected chi connectivity index (χ2v) is 9.28. The summed E-state index contributed by atoms with van der Waals surface area (Å²) in [6.07, 6.45) is 2.19. The number of benzene rings is 2. The number of nitrogens with zero attached hydrogens (tertiary/aromatic N) is 4. The molecule has 4 N–H and O–H groups in total. The molecule has 2 heterocycles. The Morgan fingerprint density at radius 2 is 1.81 bits per heavy atom. The summed E-state index contributed by atoms with van der Waals surface area (Å²) in [5.41, 5.74) is 8.59. The van der Waals surface area contributed by atoms with Crippen molar-refractivity contribution in [3.63, 3.8) is 0 Å². The Bertz CT molecular complexity index is 1320. The predicted octanol–water partition coefficient (Wildman–Crippen LogP) is 3.71. The van der Waals surface area contributed by atoms with Gasteiger partial charge in [-0.2, -0.15) is 10.4 Å². The van der Waals surface area contributed by atoms with Crippen LogP contribution in [0.25, 0.3) is 0 Å². The number of fused-ring (bicyclic) bond motifs is 1. The SMILES string of the molecule is N#C[C@@H]1C(C2Cc3ccccc3C2)N(C(=O)O)CC[C@H]1n1cc(C(N)=O)c(Nc2ccc(F)cc2)n1. The molecule has 1 aliphatic heterocycles. The van der Waals surface area contributed by atoms with E-state index in [1.54, 1.807) is 4.68 Å². The van der Waals surface area contributed by atoms with Crippen LogP contribution in [0.2, 0.25) is 0 Å². The van der Waals surface area contributed by atoms with Gasteiger partial charge in [-0.25, -0.2) is 9.18 Å². The smallest absolute Gasteiger partial charge is 0.407 e. The minimum Gasteiger partial charge on any atom is -0.465 e. The maximum Gasteiger partial charge on any atom is 0.407 e. The summed E-state index contributed by atoms with van der Waals surface area (Å²) >= 11 is 0. The molecule has 1 saturated heterocycles. The van der Waals surface area contributed by atoms with Gasteiger partial charge >= 0.3 is 6.09 Å². The third kappa shape index (κ3) is 4.24. The zero-order valence-corrected chi connectivity index (χ0v) is 19.3. The number of anilines is 2. The van der Waals surface area contributed by atoms with Gasteiger partial charge in [0, 0.05) is 18.4 Å². The van der Waals surface area contributed by atoms with Gasteiger partial charge < -0.3 is 21.1 Å². The van der Waals surface area contributed by atoms with Crippen molar-refractivity contribution in [2.75, 3.05) is 11.9 Å². The average molecular weight is 489 g/mol. The fraction of sp³-hybridized carbons (Fsp3) is 0.308. The highest BCUT2D eigenvalue weighted by molar-refractivity contribution is 5.98. The van der Waals surface area contributed by atoms with Crippen molar-refractivity contribution in [1.29, 1.82) is 5.26 Å². The van der Waals surface area contributed by atoms with E-state index in [1.807, 2.05) is 24.3 Å². The molecule has 2 aromatic carbocycles. The van der Waals surface area contributed by atoms with Crippen LogP contribution in [0, 0.1) is 29.0 Å². The molecule has 2 aliphatic rings. The second kappa shape index (κ2) is 9.34. The highest BCUT2D eigenvalue weighted by Gasteiger charge is 2.47. The van der Waals surface area contributed by atoms with Gasteiger partial charge in [-0.15, -0.1) is 0 Å². The topological polar surface area (TPSA) is 137 Å². The first-order chi connectivity index (χ1) is 17.4. The van der Waals surface area contributed by atoms with Crippen LogP contribution >= 0.6 is 0 Å². The summed E-state index contributed by atoms with van der Waals surface area (Å²) in [7, 11) is 0. The van der Waals surface area contributed by atoms with Crippen molar-refractivity contribution < 1.29 is 19.1 Å². The molecule has 36 heavy (non-hydrogen) atoms. The number of hydrogen-bond acceptors (Lipinski definition) is 5. The van der Waals surface area contributed by atoms with E-state index in [2.05, 4.69) is 16.5 Å². The molecule has 1 aromatic heterocycles. The van der Waals surface area contributed by atoms with Crippen LogP contribution in [-0.4, -0.2) is 44.4 Å². The molecule has 3 atom stereocenters. The molecule has 184 valence electrons. The number of aromatic nitrogens is 2. The number of amides is 2. The number of nitriles is 1. The van der Waals surface area contributed by atoms with Crippen LogP contribution in [0.3, 0.4) is 0 Å². The van der Waals surface area contributed by atoms with Crippen molar-refractivity contribution in [2.45, 2.75) is 31.3 Å². The van der Waals surface area contributed by atoms with Crippen molar-refractivity contribution in [2.24, 2.45) is 17.6 Å². The number of carbonyl (C=O) groups excluding carboxylic acids is 1. The summed E-state index contributed by atoms with van der Waals surface area (Å²) in [5.74, 6) is -1.65. The summed E-state index contributed by atoms with van der Waals surface area (Å²) < 4.78 is 14.9. The molecule has 9 nitrogen and oxygen atoms in total. The Balaban J connectivity index is 1.48. The van der Waals surface area contributed by atoms with Gasteiger partial charge in [0.1, 0.15) is 11.4 Å². The van der Waals surface area contributed by atoms with E-state index in [1.165, 1.54) is 46.5 Å². The lowest BCUT2D eigenvalue weighted by Crippen LogP contribution is -2.55. The van der Waals surface area contributed by atoms with Gasteiger partial charge in [0.15, 0.2) is 5.82 Å². The minimum atomic E-state index is -1.05. The normalized spacial score (nSPS) is 21.6. The molecule has 1 unspecified atom stereocenters. The summed E-state index contributed by atoms with van der Waals surface area (Å²) in [5, 5.41) is 27.7. The van der Waals surface area contributed by atoms with Gasteiger partial charge in [0.25, 0.3) is 5.91 Å². The quantitative estimate of drug-likeness (QED) is 0.501. The van der Waals surface area contributed by atoms with Crippen LogP contribution < -0.4 is 11.1 Å². The fourth-order valence-corrected chi connectivity index (χ4v) is 5.59. The van der Waals surface area contributed by atoms with Crippen LogP contribution in [0.4, 0.5) is 20.7 Å². The number of likely N-dealkylation sites (tertiary alicyclic amines) is 1. The molecule has 0 bridgehead atoms. The summed E-state index contributed by atoms with van der Waals surface area (Å²) in [6.45, 7) is 0.238. The molecular formula is C26H25FN6O3. The lowest BCUT2D eigenvalue weighted by molar-refractivity contribution is 0.0408. The number of halogens is 1. The summed E-state index contributed by atoms with van der Waals surface area (Å²) in [6, 6.07) is 15.0. The fourth-order valence-electron chi connectivity index (χ4n) is 5.59. The highest BCUT2D eigenvalue weighted by atomic mass is 19.1. The molecule has 2 amide bonds.